The zero-order chi connectivity index (χ0) is 18.0. The number of halogens is 3. The zero-order valence-corrected chi connectivity index (χ0v) is 15.0. The number of piperidine rings is 1. The second-order valence-corrected chi connectivity index (χ2v) is 7.05. The van der Waals surface area contributed by atoms with Gasteiger partial charge in [0.25, 0.3) is 0 Å². The standard InChI is InChI=1S/C19H18Cl2FNO2/c20-13-6-9-15(16(21)11-13)18(12-4-7-14(22)8-5-12)23-10-2-1-3-17(23)19(24)25/h4-9,11,17-18H,1-3,10H2,(H,24,25). The van der Waals surface area contributed by atoms with Gasteiger partial charge in [-0.15, -0.1) is 0 Å². The summed E-state index contributed by atoms with van der Waals surface area (Å²) in [6.07, 6.45) is 2.36. The smallest absolute Gasteiger partial charge is 0.320 e. The van der Waals surface area contributed by atoms with Crippen LogP contribution in [0.15, 0.2) is 42.5 Å². The number of carboxylic acids is 1. The molecule has 1 fully saturated rings. The van der Waals surface area contributed by atoms with E-state index in [9.17, 15) is 14.3 Å². The van der Waals surface area contributed by atoms with E-state index in [0.717, 1.165) is 24.0 Å². The molecule has 1 saturated heterocycles. The molecule has 0 bridgehead atoms. The van der Waals surface area contributed by atoms with Crippen LogP contribution in [-0.2, 0) is 4.79 Å². The number of nitrogens with zero attached hydrogens (tertiary/aromatic N) is 1. The highest BCUT2D eigenvalue weighted by Gasteiger charge is 2.35. The third kappa shape index (κ3) is 3.97. The Labute approximate surface area is 156 Å². The molecule has 1 N–H and O–H groups in total. The van der Waals surface area contributed by atoms with Gasteiger partial charge < -0.3 is 5.11 Å². The molecule has 25 heavy (non-hydrogen) atoms. The molecule has 2 atom stereocenters. The van der Waals surface area contributed by atoms with Crippen molar-refractivity contribution in [1.82, 2.24) is 4.90 Å². The van der Waals surface area contributed by atoms with E-state index in [1.165, 1.54) is 12.1 Å². The zero-order valence-electron chi connectivity index (χ0n) is 13.5. The summed E-state index contributed by atoms with van der Waals surface area (Å²) in [5, 5.41) is 10.6. The molecule has 2 aromatic rings. The van der Waals surface area contributed by atoms with E-state index in [2.05, 4.69) is 0 Å². The van der Waals surface area contributed by atoms with E-state index in [1.54, 1.807) is 24.3 Å². The van der Waals surface area contributed by atoms with Crippen molar-refractivity contribution < 1.29 is 14.3 Å². The maximum absolute atomic E-state index is 13.4. The van der Waals surface area contributed by atoms with Gasteiger partial charge in [0, 0.05) is 10.0 Å². The number of benzene rings is 2. The first kappa shape index (κ1) is 18.2. The van der Waals surface area contributed by atoms with Crippen LogP contribution < -0.4 is 0 Å². The minimum absolute atomic E-state index is 0.335. The Kier molecular flexibility index (Phi) is 5.62. The van der Waals surface area contributed by atoms with Crippen molar-refractivity contribution in [2.75, 3.05) is 6.54 Å². The summed E-state index contributed by atoms with van der Waals surface area (Å²) < 4.78 is 13.4. The maximum atomic E-state index is 13.4. The molecule has 0 amide bonds. The highest BCUT2D eigenvalue weighted by molar-refractivity contribution is 6.35. The second-order valence-electron chi connectivity index (χ2n) is 6.21. The first-order valence-corrected chi connectivity index (χ1v) is 8.92. The molecule has 2 aromatic carbocycles. The van der Waals surface area contributed by atoms with Crippen molar-refractivity contribution >= 4 is 29.2 Å². The number of hydrogen-bond acceptors (Lipinski definition) is 2. The van der Waals surface area contributed by atoms with Crippen molar-refractivity contribution in [2.45, 2.75) is 31.3 Å². The molecular formula is C19H18Cl2FNO2. The van der Waals surface area contributed by atoms with Crippen molar-refractivity contribution in [3.63, 3.8) is 0 Å². The quantitative estimate of drug-likeness (QED) is 0.794. The Morgan fingerprint density at radius 1 is 1.16 bits per heavy atom. The van der Waals surface area contributed by atoms with Gasteiger partial charge in [-0.3, -0.25) is 9.69 Å². The van der Waals surface area contributed by atoms with Crippen LogP contribution in [0.5, 0.6) is 0 Å². The number of aliphatic carboxylic acids is 1. The molecule has 6 heteroatoms. The number of likely N-dealkylation sites (tertiary alicyclic amines) is 1. The summed E-state index contributed by atoms with van der Waals surface area (Å²) in [6, 6.07) is 10.3. The molecule has 3 rings (SSSR count). The van der Waals surface area contributed by atoms with E-state index in [1.807, 2.05) is 11.0 Å². The average Bonchev–Trinajstić information content (AvgIpc) is 2.59. The largest absolute Gasteiger partial charge is 0.480 e. The minimum Gasteiger partial charge on any atom is -0.480 e. The number of carbonyl (C=O) groups is 1. The van der Waals surface area contributed by atoms with Gasteiger partial charge in [-0.2, -0.15) is 0 Å². The molecule has 0 aliphatic carbocycles. The predicted octanol–water partition coefficient (Wildman–Crippen LogP) is 5.16. The average molecular weight is 382 g/mol. The van der Waals surface area contributed by atoms with Gasteiger partial charge in [-0.05, 0) is 54.8 Å². The number of hydrogen-bond donors (Lipinski definition) is 1. The summed E-state index contributed by atoms with van der Waals surface area (Å²) in [5.41, 5.74) is 1.57. The van der Waals surface area contributed by atoms with Gasteiger partial charge in [0.2, 0.25) is 0 Å². The van der Waals surface area contributed by atoms with Crippen molar-refractivity contribution in [2.24, 2.45) is 0 Å². The Morgan fingerprint density at radius 2 is 1.88 bits per heavy atom. The molecule has 1 aliphatic rings. The van der Waals surface area contributed by atoms with E-state index < -0.39 is 12.0 Å². The van der Waals surface area contributed by atoms with Gasteiger partial charge >= 0.3 is 5.97 Å². The molecule has 3 nitrogen and oxygen atoms in total. The molecule has 2 unspecified atom stereocenters. The first-order chi connectivity index (χ1) is 12.0. The fourth-order valence-electron chi connectivity index (χ4n) is 3.45. The van der Waals surface area contributed by atoms with Crippen LogP contribution in [0, 0.1) is 5.82 Å². The Bertz CT molecular complexity index is 767. The lowest BCUT2D eigenvalue weighted by Crippen LogP contribution is -2.46. The Hall–Kier alpha value is -1.62. The van der Waals surface area contributed by atoms with Crippen LogP contribution >= 0.6 is 23.2 Å². The molecule has 0 radical (unpaired) electrons. The fourth-order valence-corrected chi connectivity index (χ4v) is 3.96. The van der Waals surface area contributed by atoms with E-state index >= 15 is 0 Å². The molecule has 0 saturated carbocycles. The van der Waals surface area contributed by atoms with Crippen molar-refractivity contribution in [3.8, 4) is 0 Å². The van der Waals surface area contributed by atoms with Gasteiger partial charge in [0.15, 0.2) is 0 Å². The highest BCUT2D eigenvalue weighted by atomic mass is 35.5. The normalized spacial score (nSPS) is 19.6. The van der Waals surface area contributed by atoms with Crippen molar-refractivity contribution in [1.29, 1.82) is 0 Å². The summed E-state index contributed by atoms with van der Waals surface area (Å²) in [7, 11) is 0. The molecule has 1 heterocycles. The van der Waals surface area contributed by atoms with E-state index in [0.29, 0.717) is 23.0 Å². The molecule has 1 aliphatic heterocycles. The van der Waals surface area contributed by atoms with Gasteiger partial charge in [0.1, 0.15) is 11.9 Å². The second kappa shape index (κ2) is 7.73. The molecule has 0 spiro atoms. The fraction of sp³-hybridized carbons (Fsp3) is 0.316. The molecular weight excluding hydrogens is 364 g/mol. The lowest BCUT2D eigenvalue weighted by atomic mass is 9.91. The van der Waals surface area contributed by atoms with Crippen LogP contribution in [0.2, 0.25) is 10.0 Å². The third-order valence-corrected chi connectivity index (χ3v) is 5.17. The van der Waals surface area contributed by atoms with Gasteiger partial charge in [-0.1, -0.05) is 47.8 Å². The number of carboxylic acid groups (broad SMARTS) is 1. The monoisotopic (exact) mass is 381 g/mol. The first-order valence-electron chi connectivity index (χ1n) is 8.16. The third-order valence-electron chi connectivity index (χ3n) is 4.60. The topological polar surface area (TPSA) is 40.5 Å². The van der Waals surface area contributed by atoms with Crippen LogP contribution in [-0.4, -0.2) is 28.6 Å². The summed E-state index contributed by atoms with van der Waals surface area (Å²) in [4.78, 5) is 13.7. The molecule has 0 aromatic heterocycles. The lowest BCUT2D eigenvalue weighted by Gasteiger charge is -2.40. The predicted molar refractivity (Wildman–Crippen MR) is 96.7 cm³/mol. The lowest BCUT2D eigenvalue weighted by molar-refractivity contribution is -0.145. The molecule has 132 valence electrons. The Balaban J connectivity index is 2.10. The SMILES string of the molecule is O=C(O)C1CCCCN1C(c1ccc(F)cc1)c1ccc(Cl)cc1Cl. The highest BCUT2D eigenvalue weighted by Crippen LogP contribution is 2.38. The van der Waals surface area contributed by atoms with Crippen LogP contribution in [0.1, 0.15) is 36.4 Å². The van der Waals surface area contributed by atoms with Gasteiger partial charge in [0.05, 0.1) is 6.04 Å². The summed E-state index contributed by atoms with van der Waals surface area (Å²) in [6.45, 7) is 0.637. The maximum Gasteiger partial charge on any atom is 0.320 e. The number of rotatable bonds is 4. The van der Waals surface area contributed by atoms with E-state index in [4.69, 9.17) is 23.2 Å². The Morgan fingerprint density at radius 3 is 2.52 bits per heavy atom. The summed E-state index contributed by atoms with van der Waals surface area (Å²) in [5.74, 6) is -1.19. The van der Waals surface area contributed by atoms with Crippen LogP contribution in [0.3, 0.4) is 0 Å². The minimum atomic E-state index is -0.850. The summed E-state index contributed by atoms with van der Waals surface area (Å²) >= 11 is 12.4. The van der Waals surface area contributed by atoms with Crippen LogP contribution in [0.25, 0.3) is 0 Å². The van der Waals surface area contributed by atoms with Crippen LogP contribution in [0.4, 0.5) is 4.39 Å². The van der Waals surface area contributed by atoms with E-state index in [-0.39, 0.29) is 11.9 Å². The van der Waals surface area contributed by atoms with Crippen molar-refractivity contribution in [3.05, 3.63) is 69.5 Å². The van der Waals surface area contributed by atoms with Gasteiger partial charge in [-0.25, -0.2) is 4.39 Å².